The molecule has 0 aliphatic heterocycles. The number of anilines is 1. The predicted octanol–water partition coefficient (Wildman–Crippen LogP) is 1.45. The number of hydrogen-bond donors (Lipinski definition) is 1. The molecular formula is C11H15N3O3. The highest BCUT2D eigenvalue weighted by atomic mass is 16.5. The SMILES string of the molecule is CCO/C=C\c1cnc(OC)nc1NC(C)=O. The van der Waals surface area contributed by atoms with Crippen LogP contribution in [0, 0.1) is 0 Å². The molecule has 1 aromatic rings. The van der Waals surface area contributed by atoms with Crippen molar-refractivity contribution >= 4 is 17.8 Å². The number of carbonyl (C=O) groups excluding carboxylic acids is 1. The molecule has 1 rings (SSSR count). The van der Waals surface area contributed by atoms with Crippen LogP contribution in [-0.2, 0) is 9.53 Å². The highest BCUT2D eigenvalue weighted by molar-refractivity contribution is 5.89. The summed E-state index contributed by atoms with van der Waals surface area (Å²) < 4.78 is 9.96. The zero-order valence-corrected chi connectivity index (χ0v) is 10.1. The molecule has 1 N–H and O–H groups in total. The first kappa shape index (κ1) is 13.0. The van der Waals surface area contributed by atoms with Gasteiger partial charge in [0, 0.05) is 18.7 Å². The van der Waals surface area contributed by atoms with E-state index in [1.54, 1.807) is 12.3 Å². The van der Waals surface area contributed by atoms with Gasteiger partial charge in [-0.1, -0.05) is 0 Å². The van der Waals surface area contributed by atoms with Crippen LogP contribution < -0.4 is 10.1 Å². The normalized spacial score (nSPS) is 10.3. The molecule has 0 aliphatic carbocycles. The first-order valence-corrected chi connectivity index (χ1v) is 5.14. The minimum absolute atomic E-state index is 0.197. The lowest BCUT2D eigenvalue weighted by molar-refractivity contribution is -0.114. The van der Waals surface area contributed by atoms with Gasteiger partial charge in [0.05, 0.1) is 20.0 Å². The maximum atomic E-state index is 11.0. The number of rotatable bonds is 5. The van der Waals surface area contributed by atoms with E-state index in [0.29, 0.717) is 18.0 Å². The fraction of sp³-hybridized carbons (Fsp3) is 0.364. The Morgan fingerprint density at radius 2 is 2.35 bits per heavy atom. The van der Waals surface area contributed by atoms with Crippen molar-refractivity contribution in [3.05, 3.63) is 18.0 Å². The van der Waals surface area contributed by atoms with Crippen LogP contribution in [0.5, 0.6) is 6.01 Å². The van der Waals surface area contributed by atoms with Crippen molar-refractivity contribution in [2.24, 2.45) is 0 Å². The molecule has 0 spiro atoms. The van der Waals surface area contributed by atoms with Gasteiger partial charge in [0.1, 0.15) is 5.82 Å². The molecule has 0 aromatic carbocycles. The Morgan fingerprint density at radius 3 is 2.94 bits per heavy atom. The lowest BCUT2D eigenvalue weighted by Crippen LogP contribution is -2.10. The number of hydrogen-bond acceptors (Lipinski definition) is 5. The van der Waals surface area contributed by atoms with E-state index in [2.05, 4.69) is 15.3 Å². The summed E-state index contributed by atoms with van der Waals surface area (Å²) in [6, 6.07) is 0.197. The highest BCUT2D eigenvalue weighted by Crippen LogP contribution is 2.16. The van der Waals surface area contributed by atoms with Crippen LogP contribution in [0.15, 0.2) is 12.5 Å². The van der Waals surface area contributed by atoms with E-state index in [0.717, 1.165) is 0 Å². The van der Waals surface area contributed by atoms with Crippen molar-refractivity contribution in [2.75, 3.05) is 19.0 Å². The minimum atomic E-state index is -0.211. The molecular weight excluding hydrogens is 222 g/mol. The summed E-state index contributed by atoms with van der Waals surface area (Å²) in [6.45, 7) is 3.86. The molecule has 1 amide bonds. The van der Waals surface area contributed by atoms with Gasteiger partial charge in [-0.3, -0.25) is 4.79 Å². The molecule has 6 heteroatoms. The van der Waals surface area contributed by atoms with Gasteiger partial charge in [0.15, 0.2) is 0 Å². The quantitative estimate of drug-likeness (QED) is 0.784. The van der Waals surface area contributed by atoms with Crippen molar-refractivity contribution in [3.8, 4) is 6.01 Å². The summed E-state index contributed by atoms with van der Waals surface area (Å²) in [5.41, 5.74) is 0.648. The van der Waals surface area contributed by atoms with Gasteiger partial charge in [-0.15, -0.1) is 0 Å². The maximum absolute atomic E-state index is 11.0. The molecule has 1 heterocycles. The van der Waals surface area contributed by atoms with Gasteiger partial charge in [-0.25, -0.2) is 4.98 Å². The summed E-state index contributed by atoms with van der Waals surface area (Å²) in [4.78, 5) is 19.0. The van der Waals surface area contributed by atoms with E-state index < -0.39 is 0 Å². The topological polar surface area (TPSA) is 73.3 Å². The van der Waals surface area contributed by atoms with Crippen molar-refractivity contribution in [1.82, 2.24) is 9.97 Å². The number of nitrogens with one attached hydrogen (secondary N) is 1. The monoisotopic (exact) mass is 237 g/mol. The summed E-state index contributed by atoms with van der Waals surface area (Å²) in [7, 11) is 1.46. The van der Waals surface area contributed by atoms with Crippen LogP contribution in [0.2, 0.25) is 0 Å². The number of ether oxygens (including phenoxy) is 2. The third-order valence-corrected chi connectivity index (χ3v) is 1.78. The lowest BCUT2D eigenvalue weighted by atomic mass is 10.3. The predicted molar refractivity (Wildman–Crippen MR) is 63.5 cm³/mol. The van der Waals surface area contributed by atoms with E-state index >= 15 is 0 Å². The minimum Gasteiger partial charge on any atom is -0.501 e. The van der Waals surface area contributed by atoms with Gasteiger partial charge in [-0.2, -0.15) is 4.98 Å². The van der Waals surface area contributed by atoms with Crippen LogP contribution in [0.3, 0.4) is 0 Å². The van der Waals surface area contributed by atoms with Crippen molar-refractivity contribution in [1.29, 1.82) is 0 Å². The molecule has 92 valence electrons. The molecule has 0 aliphatic rings. The van der Waals surface area contributed by atoms with Crippen molar-refractivity contribution in [2.45, 2.75) is 13.8 Å². The Bertz CT molecular complexity index is 418. The van der Waals surface area contributed by atoms with Crippen molar-refractivity contribution < 1.29 is 14.3 Å². The molecule has 17 heavy (non-hydrogen) atoms. The van der Waals surface area contributed by atoms with Crippen LogP contribution in [0.1, 0.15) is 19.4 Å². The molecule has 0 atom stereocenters. The van der Waals surface area contributed by atoms with Crippen molar-refractivity contribution in [3.63, 3.8) is 0 Å². The molecule has 0 fully saturated rings. The fourth-order valence-corrected chi connectivity index (χ4v) is 1.08. The Balaban J connectivity index is 2.97. The standard InChI is InChI=1S/C11H15N3O3/c1-4-17-6-5-9-7-12-11(16-3)14-10(9)13-8(2)15/h5-7H,4H2,1-3H3,(H,12,13,14,15)/b6-5-. The average molecular weight is 237 g/mol. The highest BCUT2D eigenvalue weighted by Gasteiger charge is 2.06. The molecule has 1 aromatic heterocycles. The summed E-state index contributed by atoms with van der Waals surface area (Å²) in [6.07, 6.45) is 4.75. The lowest BCUT2D eigenvalue weighted by Gasteiger charge is -2.06. The fourth-order valence-electron chi connectivity index (χ4n) is 1.08. The number of carbonyl (C=O) groups is 1. The number of nitrogens with zero attached hydrogens (tertiary/aromatic N) is 2. The van der Waals surface area contributed by atoms with Gasteiger partial charge in [-0.05, 0) is 13.0 Å². The summed E-state index contributed by atoms with van der Waals surface area (Å²) in [5.74, 6) is 0.178. The second-order valence-electron chi connectivity index (χ2n) is 3.10. The molecule has 0 saturated heterocycles. The number of aromatic nitrogens is 2. The first-order chi connectivity index (χ1) is 8.17. The summed E-state index contributed by atoms with van der Waals surface area (Å²) in [5, 5.41) is 2.60. The first-order valence-electron chi connectivity index (χ1n) is 5.14. The van der Waals surface area contributed by atoms with Crippen LogP contribution in [0.25, 0.3) is 6.08 Å². The summed E-state index contributed by atoms with van der Waals surface area (Å²) >= 11 is 0. The second-order valence-corrected chi connectivity index (χ2v) is 3.10. The molecule has 0 saturated carbocycles. The second kappa shape index (κ2) is 6.47. The molecule has 0 bridgehead atoms. The van der Waals surface area contributed by atoms with Gasteiger partial charge >= 0.3 is 6.01 Å². The Labute approximate surface area is 99.7 Å². The maximum Gasteiger partial charge on any atom is 0.318 e. The van der Waals surface area contributed by atoms with E-state index in [1.807, 2.05) is 6.92 Å². The molecule has 0 radical (unpaired) electrons. The van der Waals surface area contributed by atoms with Gasteiger partial charge in [0.25, 0.3) is 0 Å². The Hall–Kier alpha value is -2.11. The zero-order chi connectivity index (χ0) is 12.7. The smallest absolute Gasteiger partial charge is 0.318 e. The number of methoxy groups -OCH3 is 1. The van der Waals surface area contributed by atoms with E-state index in [-0.39, 0.29) is 11.9 Å². The van der Waals surface area contributed by atoms with Gasteiger partial charge < -0.3 is 14.8 Å². The zero-order valence-electron chi connectivity index (χ0n) is 10.1. The largest absolute Gasteiger partial charge is 0.501 e. The van der Waals surface area contributed by atoms with Crippen LogP contribution in [0.4, 0.5) is 5.82 Å². The van der Waals surface area contributed by atoms with Crippen LogP contribution >= 0.6 is 0 Å². The number of amides is 1. The van der Waals surface area contributed by atoms with Gasteiger partial charge in [0.2, 0.25) is 5.91 Å². The van der Waals surface area contributed by atoms with E-state index in [1.165, 1.54) is 20.3 Å². The average Bonchev–Trinajstić information content (AvgIpc) is 2.30. The van der Waals surface area contributed by atoms with E-state index in [4.69, 9.17) is 9.47 Å². The molecule has 6 nitrogen and oxygen atoms in total. The molecule has 0 unspecified atom stereocenters. The van der Waals surface area contributed by atoms with E-state index in [9.17, 15) is 4.79 Å². The van der Waals surface area contributed by atoms with Crippen LogP contribution in [-0.4, -0.2) is 29.6 Å². The Morgan fingerprint density at radius 1 is 1.59 bits per heavy atom. The third-order valence-electron chi connectivity index (χ3n) is 1.78. The third kappa shape index (κ3) is 4.10. The Kier molecular flexibility index (Phi) is 4.93.